The molecule has 0 amide bonds. The fourth-order valence-corrected chi connectivity index (χ4v) is 2.16. The Balaban J connectivity index is 2.12. The second kappa shape index (κ2) is 3.52. The van der Waals surface area contributed by atoms with Gasteiger partial charge in [0, 0.05) is 5.46 Å². The first-order chi connectivity index (χ1) is 7.40. The Morgan fingerprint density at radius 3 is 3.20 bits per heavy atom. The molecule has 5 heteroatoms. The number of quaternary nitrogens is 1. The minimum atomic E-state index is -0.259. The van der Waals surface area contributed by atoms with Crippen LogP contribution in [0.4, 0.5) is 0 Å². The van der Waals surface area contributed by atoms with E-state index >= 15 is 0 Å². The molecule has 1 atom stereocenters. The summed E-state index contributed by atoms with van der Waals surface area (Å²) in [7, 11) is -0.259. The zero-order valence-electron chi connectivity index (χ0n) is 8.44. The van der Waals surface area contributed by atoms with E-state index in [0.29, 0.717) is 13.2 Å². The number of hydrogen-bond donors (Lipinski definition) is 1. The first kappa shape index (κ1) is 9.21. The van der Waals surface area contributed by atoms with Gasteiger partial charge in [-0.2, -0.15) is 0 Å². The van der Waals surface area contributed by atoms with Crippen LogP contribution in [-0.4, -0.2) is 26.9 Å². The van der Waals surface area contributed by atoms with Crippen LogP contribution >= 0.6 is 0 Å². The molecule has 0 bridgehead atoms. The van der Waals surface area contributed by atoms with Crippen LogP contribution in [0.2, 0.25) is 0 Å². The molecule has 1 unspecified atom stereocenters. The van der Waals surface area contributed by atoms with Crippen LogP contribution in [0.15, 0.2) is 18.2 Å². The quantitative estimate of drug-likeness (QED) is 0.606. The minimum absolute atomic E-state index is 0.0478. The van der Waals surface area contributed by atoms with Crippen LogP contribution in [0, 0.1) is 0 Å². The Morgan fingerprint density at radius 1 is 1.40 bits per heavy atom. The monoisotopic (exact) mass is 206 g/mol. The van der Waals surface area contributed by atoms with E-state index in [2.05, 4.69) is 11.8 Å². The Morgan fingerprint density at radius 2 is 2.33 bits per heavy atom. The summed E-state index contributed by atoms with van der Waals surface area (Å²) in [6, 6.07) is 6.02. The summed E-state index contributed by atoms with van der Waals surface area (Å²) in [5.74, 6) is 0.894. The lowest BCUT2D eigenvalue weighted by Gasteiger charge is -2.09. The molecule has 0 saturated heterocycles. The summed E-state index contributed by atoms with van der Waals surface area (Å²) in [5.41, 5.74) is 6.11. The summed E-state index contributed by atoms with van der Waals surface area (Å²) in [5, 5.41) is 0. The highest BCUT2D eigenvalue weighted by Crippen LogP contribution is 2.28. The lowest BCUT2D eigenvalue weighted by Crippen LogP contribution is -2.53. The van der Waals surface area contributed by atoms with Crippen molar-refractivity contribution >= 4 is 12.6 Å². The van der Waals surface area contributed by atoms with Gasteiger partial charge in [0.1, 0.15) is 25.0 Å². The first-order valence-electron chi connectivity index (χ1n) is 5.22. The molecule has 0 saturated carbocycles. The molecule has 1 aromatic rings. The van der Waals surface area contributed by atoms with Crippen molar-refractivity contribution in [2.75, 3.05) is 19.8 Å². The van der Waals surface area contributed by atoms with E-state index in [0.717, 1.165) is 23.3 Å². The van der Waals surface area contributed by atoms with Gasteiger partial charge in [0.05, 0.1) is 6.61 Å². The minimum Gasteiger partial charge on any atom is -0.492 e. The zero-order valence-corrected chi connectivity index (χ0v) is 8.44. The van der Waals surface area contributed by atoms with E-state index in [1.807, 2.05) is 12.1 Å². The predicted molar refractivity (Wildman–Crippen MR) is 54.9 cm³/mol. The molecule has 0 fully saturated rings. The van der Waals surface area contributed by atoms with Gasteiger partial charge in [0.25, 0.3) is 0 Å². The van der Waals surface area contributed by atoms with Crippen LogP contribution < -0.4 is 15.9 Å². The molecular formula is C10H13BNO3+. The topological polar surface area (TPSA) is 55.3 Å². The fourth-order valence-electron chi connectivity index (χ4n) is 2.16. The van der Waals surface area contributed by atoms with E-state index in [4.69, 9.17) is 14.0 Å². The van der Waals surface area contributed by atoms with Gasteiger partial charge in [-0.1, -0.05) is 12.1 Å². The van der Waals surface area contributed by atoms with Crippen molar-refractivity contribution in [3.05, 3.63) is 23.8 Å². The summed E-state index contributed by atoms with van der Waals surface area (Å²) in [4.78, 5) is 0. The standard InChI is InChI=1S/C10H12BNO3/c12-6-9-7-2-1-3-8-10(7)11(15-9)14-5-4-13-8/h1-3,9H,4-6,12H2/p+1. The maximum atomic E-state index is 5.78. The van der Waals surface area contributed by atoms with Crippen molar-refractivity contribution in [1.82, 2.24) is 0 Å². The van der Waals surface area contributed by atoms with E-state index in [1.165, 1.54) is 0 Å². The van der Waals surface area contributed by atoms with Gasteiger partial charge >= 0.3 is 7.12 Å². The molecular weight excluding hydrogens is 193 g/mol. The van der Waals surface area contributed by atoms with Crippen LogP contribution in [0.3, 0.4) is 0 Å². The van der Waals surface area contributed by atoms with Crippen molar-refractivity contribution in [3.8, 4) is 5.75 Å². The van der Waals surface area contributed by atoms with Gasteiger partial charge in [-0.25, -0.2) is 0 Å². The van der Waals surface area contributed by atoms with E-state index in [9.17, 15) is 0 Å². The summed E-state index contributed by atoms with van der Waals surface area (Å²) in [6.07, 6.45) is 0.0478. The molecule has 0 spiro atoms. The molecule has 78 valence electrons. The molecule has 15 heavy (non-hydrogen) atoms. The molecule has 3 N–H and O–H groups in total. The molecule has 4 nitrogen and oxygen atoms in total. The van der Waals surface area contributed by atoms with Crippen LogP contribution in [0.5, 0.6) is 5.75 Å². The molecule has 2 aliphatic heterocycles. The highest BCUT2D eigenvalue weighted by atomic mass is 16.6. The van der Waals surface area contributed by atoms with Gasteiger partial charge in [-0.15, -0.1) is 0 Å². The summed E-state index contributed by atoms with van der Waals surface area (Å²) >= 11 is 0. The summed E-state index contributed by atoms with van der Waals surface area (Å²) in [6.45, 7) is 1.88. The first-order valence-corrected chi connectivity index (χ1v) is 5.22. The third-order valence-corrected chi connectivity index (χ3v) is 2.84. The smallest absolute Gasteiger partial charge is 0.492 e. The maximum Gasteiger partial charge on any atom is 0.498 e. The van der Waals surface area contributed by atoms with Crippen molar-refractivity contribution in [2.24, 2.45) is 0 Å². The van der Waals surface area contributed by atoms with Gasteiger partial charge in [-0.05, 0) is 11.6 Å². The summed E-state index contributed by atoms with van der Waals surface area (Å²) < 4.78 is 17.0. The molecule has 2 aliphatic rings. The largest absolute Gasteiger partial charge is 0.498 e. The Hall–Kier alpha value is -1.04. The number of ether oxygens (including phenoxy) is 1. The van der Waals surface area contributed by atoms with Gasteiger partial charge in [-0.3, -0.25) is 0 Å². The predicted octanol–water partition coefficient (Wildman–Crippen LogP) is -0.896. The third-order valence-electron chi connectivity index (χ3n) is 2.84. The number of benzene rings is 1. The highest BCUT2D eigenvalue weighted by molar-refractivity contribution is 6.64. The normalized spacial score (nSPS) is 23.3. The van der Waals surface area contributed by atoms with Crippen molar-refractivity contribution in [3.63, 3.8) is 0 Å². The van der Waals surface area contributed by atoms with E-state index in [1.54, 1.807) is 0 Å². The maximum absolute atomic E-state index is 5.78. The van der Waals surface area contributed by atoms with Crippen molar-refractivity contribution < 1.29 is 19.8 Å². The molecule has 0 aromatic heterocycles. The Kier molecular flexibility index (Phi) is 2.16. The van der Waals surface area contributed by atoms with E-state index in [-0.39, 0.29) is 13.2 Å². The average Bonchev–Trinajstić information content (AvgIpc) is 2.50. The second-order valence-electron chi connectivity index (χ2n) is 3.72. The lowest BCUT2D eigenvalue weighted by molar-refractivity contribution is -0.383. The molecule has 0 aliphatic carbocycles. The van der Waals surface area contributed by atoms with Crippen LogP contribution in [0.25, 0.3) is 0 Å². The Bertz CT molecular complexity index is 385. The highest BCUT2D eigenvalue weighted by Gasteiger charge is 2.41. The zero-order chi connectivity index (χ0) is 10.3. The SMILES string of the molecule is [NH3+]CC1OB2OCCOc3cccc1c32. The van der Waals surface area contributed by atoms with Gasteiger partial charge in [0.2, 0.25) is 0 Å². The van der Waals surface area contributed by atoms with E-state index < -0.39 is 0 Å². The van der Waals surface area contributed by atoms with Gasteiger partial charge in [0.15, 0.2) is 0 Å². The molecule has 2 heterocycles. The lowest BCUT2D eigenvalue weighted by atomic mass is 9.78. The van der Waals surface area contributed by atoms with Crippen LogP contribution in [-0.2, 0) is 9.31 Å². The van der Waals surface area contributed by atoms with Crippen molar-refractivity contribution in [2.45, 2.75) is 6.10 Å². The average molecular weight is 206 g/mol. The third kappa shape index (κ3) is 1.35. The Labute approximate surface area is 88.5 Å². The van der Waals surface area contributed by atoms with Crippen LogP contribution in [0.1, 0.15) is 11.7 Å². The number of rotatable bonds is 1. The fraction of sp³-hybridized carbons (Fsp3) is 0.400. The molecule has 1 aromatic carbocycles. The van der Waals surface area contributed by atoms with Gasteiger partial charge < -0.3 is 19.8 Å². The van der Waals surface area contributed by atoms with Crippen molar-refractivity contribution in [1.29, 1.82) is 0 Å². The second-order valence-corrected chi connectivity index (χ2v) is 3.72. The molecule has 3 rings (SSSR count). The number of hydrogen-bond acceptors (Lipinski definition) is 3. The molecule has 0 radical (unpaired) electrons.